The molecule has 0 bridgehead atoms. The number of rotatable bonds is 7. The van der Waals surface area contributed by atoms with Gasteiger partial charge in [-0.05, 0) is 36.5 Å². The van der Waals surface area contributed by atoms with E-state index in [1.165, 1.54) is 5.56 Å². The molecule has 2 aromatic heterocycles. The fraction of sp³-hybridized carbons (Fsp3) is 0.381. The van der Waals surface area contributed by atoms with Gasteiger partial charge in [0.15, 0.2) is 17.4 Å². The van der Waals surface area contributed by atoms with Gasteiger partial charge in [0, 0.05) is 19.3 Å². The number of aromatic nitrogens is 3. The maximum absolute atomic E-state index is 4.69. The molecular weight excluding hydrogens is 336 g/mol. The number of nitrogens with one attached hydrogen (secondary N) is 2. The molecule has 0 unspecified atom stereocenters. The van der Waals surface area contributed by atoms with E-state index in [9.17, 15) is 0 Å². The molecule has 0 saturated carbocycles. The predicted octanol–water partition coefficient (Wildman–Crippen LogP) is 3.05. The molecule has 0 aliphatic rings. The molecule has 0 radical (unpaired) electrons. The van der Waals surface area contributed by atoms with Crippen LogP contribution in [0.3, 0.4) is 0 Å². The molecule has 27 heavy (non-hydrogen) atoms. The zero-order chi connectivity index (χ0) is 19.1. The molecule has 6 nitrogen and oxygen atoms in total. The Balaban J connectivity index is 1.63. The van der Waals surface area contributed by atoms with Crippen LogP contribution in [0.25, 0.3) is 5.65 Å². The van der Waals surface area contributed by atoms with Crippen molar-refractivity contribution in [2.75, 3.05) is 13.1 Å². The third-order valence-electron chi connectivity index (χ3n) is 4.37. The molecule has 142 valence electrons. The molecule has 0 aliphatic carbocycles. The van der Waals surface area contributed by atoms with E-state index in [1.807, 2.05) is 28.8 Å². The molecule has 0 saturated heterocycles. The van der Waals surface area contributed by atoms with Crippen molar-refractivity contribution in [3.8, 4) is 0 Å². The second kappa shape index (κ2) is 8.66. The first-order chi connectivity index (χ1) is 13.1. The summed E-state index contributed by atoms with van der Waals surface area (Å²) < 4.78 is 1.96. The monoisotopic (exact) mass is 364 g/mol. The highest BCUT2D eigenvalue weighted by atomic mass is 15.3. The zero-order valence-corrected chi connectivity index (χ0v) is 16.3. The van der Waals surface area contributed by atoms with Crippen LogP contribution < -0.4 is 10.6 Å². The molecule has 6 heteroatoms. The summed E-state index contributed by atoms with van der Waals surface area (Å²) in [6, 6.07) is 16.5. The number of guanidine groups is 1. The standard InChI is InChI=1S/C21H28N6/c1-4-22-20(23-15-19-26-25-18-12-8-9-13-27(18)19)24-16-21(2,3)14-17-10-6-5-7-11-17/h5-13H,4,14-16H2,1-3H3,(H2,22,23,24). The Kier molecular flexibility index (Phi) is 6.06. The van der Waals surface area contributed by atoms with E-state index < -0.39 is 0 Å². The Morgan fingerprint density at radius 1 is 1.04 bits per heavy atom. The molecule has 3 rings (SSSR count). The summed E-state index contributed by atoms with van der Waals surface area (Å²) in [5, 5.41) is 15.2. The number of nitrogens with zero attached hydrogens (tertiary/aromatic N) is 4. The largest absolute Gasteiger partial charge is 0.357 e. The van der Waals surface area contributed by atoms with Gasteiger partial charge in [0.25, 0.3) is 0 Å². The average molecular weight is 364 g/mol. The number of fused-ring (bicyclic) bond motifs is 1. The Labute approximate surface area is 160 Å². The van der Waals surface area contributed by atoms with Crippen molar-refractivity contribution >= 4 is 11.6 Å². The van der Waals surface area contributed by atoms with Crippen molar-refractivity contribution in [1.82, 2.24) is 25.2 Å². The smallest absolute Gasteiger partial charge is 0.191 e. The van der Waals surface area contributed by atoms with Gasteiger partial charge in [-0.25, -0.2) is 4.99 Å². The van der Waals surface area contributed by atoms with Gasteiger partial charge in [0.05, 0.1) is 0 Å². The van der Waals surface area contributed by atoms with Gasteiger partial charge < -0.3 is 10.6 Å². The van der Waals surface area contributed by atoms with Gasteiger partial charge in [-0.1, -0.05) is 50.2 Å². The Hall–Kier alpha value is -2.89. The molecule has 2 N–H and O–H groups in total. The lowest BCUT2D eigenvalue weighted by Crippen LogP contribution is -2.42. The van der Waals surface area contributed by atoms with Gasteiger partial charge in [0.2, 0.25) is 0 Å². The second-order valence-electron chi connectivity index (χ2n) is 7.42. The Morgan fingerprint density at radius 3 is 2.59 bits per heavy atom. The van der Waals surface area contributed by atoms with E-state index in [0.29, 0.717) is 6.54 Å². The first-order valence-corrected chi connectivity index (χ1v) is 9.42. The van der Waals surface area contributed by atoms with Gasteiger partial charge in [-0.2, -0.15) is 0 Å². The minimum absolute atomic E-state index is 0.110. The highest BCUT2D eigenvalue weighted by Gasteiger charge is 2.19. The van der Waals surface area contributed by atoms with E-state index in [4.69, 9.17) is 0 Å². The third kappa shape index (κ3) is 5.29. The molecule has 0 aliphatic heterocycles. The summed E-state index contributed by atoms with van der Waals surface area (Å²) in [5.41, 5.74) is 2.30. The normalized spacial score (nSPS) is 12.3. The lowest BCUT2D eigenvalue weighted by atomic mass is 9.86. The van der Waals surface area contributed by atoms with Crippen molar-refractivity contribution in [1.29, 1.82) is 0 Å². The molecule has 0 amide bonds. The second-order valence-corrected chi connectivity index (χ2v) is 7.42. The van der Waals surface area contributed by atoms with Crippen LogP contribution in [0.4, 0.5) is 0 Å². The summed E-state index contributed by atoms with van der Waals surface area (Å²) in [4.78, 5) is 4.69. The summed E-state index contributed by atoms with van der Waals surface area (Å²) in [6.45, 7) is 8.71. The van der Waals surface area contributed by atoms with E-state index in [-0.39, 0.29) is 5.41 Å². The minimum atomic E-state index is 0.110. The average Bonchev–Trinajstić information content (AvgIpc) is 3.08. The SMILES string of the molecule is CCNC(=NCc1nnc2ccccn12)NCC(C)(C)Cc1ccccc1. The van der Waals surface area contributed by atoms with Gasteiger partial charge >= 0.3 is 0 Å². The van der Waals surface area contributed by atoms with Crippen LogP contribution in [0, 0.1) is 5.41 Å². The molecule has 1 aromatic carbocycles. The highest BCUT2D eigenvalue weighted by molar-refractivity contribution is 5.79. The predicted molar refractivity (Wildman–Crippen MR) is 110 cm³/mol. The zero-order valence-electron chi connectivity index (χ0n) is 16.3. The van der Waals surface area contributed by atoms with Crippen molar-refractivity contribution in [2.24, 2.45) is 10.4 Å². The lowest BCUT2D eigenvalue weighted by molar-refractivity contribution is 0.359. The van der Waals surface area contributed by atoms with Crippen LogP contribution in [0.15, 0.2) is 59.7 Å². The fourth-order valence-corrected chi connectivity index (χ4v) is 3.02. The van der Waals surface area contributed by atoms with Gasteiger partial charge in [0.1, 0.15) is 6.54 Å². The topological polar surface area (TPSA) is 66.6 Å². The number of aliphatic imine (C=N–C) groups is 1. The van der Waals surface area contributed by atoms with Crippen molar-refractivity contribution in [3.05, 3.63) is 66.1 Å². The number of benzene rings is 1. The summed E-state index contributed by atoms with van der Waals surface area (Å²) in [6.07, 6.45) is 2.97. The van der Waals surface area contributed by atoms with Crippen molar-refractivity contribution in [3.63, 3.8) is 0 Å². The Bertz CT molecular complexity index is 882. The first-order valence-electron chi connectivity index (χ1n) is 9.42. The summed E-state index contributed by atoms with van der Waals surface area (Å²) in [7, 11) is 0. The van der Waals surface area contributed by atoms with E-state index in [2.05, 4.69) is 76.9 Å². The lowest BCUT2D eigenvalue weighted by Gasteiger charge is -2.26. The van der Waals surface area contributed by atoms with Crippen LogP contribution in [0.5, 0.6) is 0 Å². The highest BCUT2D eigenvalue weighted by Crippen LogP contribution is 2.20. The number of pyridine rings is 1. The van der Waals surface area contributed by atoms with Gasteiger partial charge in [-0.15, -0.1) is 10.2 Å². The maximum Gasteiger partial charge on any atom is 0.191 e. The van der Waals surface area contributed by atoms with E-state index in [0.717, 1.165) is 36.9 Å². The minimum Gasteiger partial charge on any atom is -0.357 e. The maximum atomic E-state index is 4.69. The van der Waals surface area contributed by atoms with Crippen LogP contribution in [-0.4, -0.2) is 33.6 Å². The molecule has 0 fully saturated rings. The Morgan fingerprint density at radius 2 is 1.81 bits per heavy atom. The van der Waals surface area contributed by atoms with E-state index in [1.54, 1.807) is 0 Å². The van der Waals surface area contributed by atoms with Crippen LogP contribution in [-0.2, 0) is 13.0 Å². The van der Waals surface area contributed by atoms with Crippen LogP contribution >= 0.6 is 0 Å². The van der Waals surface area contributed by atoms with Gasteiger partial charge in [-0.3, -0.25) is 4.40 Å². The van der Waals surface area contributed by atoms with Crippen molar-refractivity contribution < 1.29 is 0 Å². The summed E-state index contributed by atoms with van der Waals surface area (Å²) >= 11 is 0. The molecule has 0 spiro atoms. The van der Waals surface area contributed by atoms with Crippen molar-refractivity contribution in [2.45, 2.75) is 33.7 Å². The van der Waals surface area contributed by atoms with E-state index >= 15 is 0 Å². The quantitative estimate of drug-likeness (QED) is 0.499. The first kappa shape index (κ1) is 18.9. The van der Waals surface area contributed by atoms with Crippen LogP contribution in [0.1, 0.15) is 32.2 Å². The fourth-order valence-electron chi connectivity index (χ4n) is 3.02. The molecule has 2 heterocycles. The molecule has 0 atom stereocenters. The van der Waals surface area contributed by atoms with Crippen LogP contribution in [0.2, 0.25) is 0 Å². The molecule has 3 aromatic rings. The summed E-state index contributed by atoms with van der Waals surface area (Å²) in [5.74, 6) is 1.62. The molecular formula is C21H28N6. The number of hydrogen-bond donors (Lipinski definition) is 2. The number of hydrogen-bond acceptors (Lipinski definition) is 3. The third-order valence-corrected chi connectivity index (χ3v) is 4.37.